The molecule has 7 nitrogen and oxygen atoms in total. The van der Waals surface area contributed by atoms with Crippen LogP contribution in [0.3, 0.4) is 0 Å². The second kappa shape index (κ2) is 7.18. The second-order valence-corrected chi connectivity index (χ2v) is 9.05. The number of rotatable bonds is 4. The number of likely N-dealkylation sites (tertiary alicyclic amines) is 1. The largest absolute Gasteiger partial charge is 0.417 e. The summed E-state index contributed by atoms with van der Waals surface area (Å²) >= 11 is 0. The molecule has 3 fully saturated rings. The van der Waals surface area contributed by atoms with Gasteiger partial charge in [0.1, 0.15) is 11.5 Å². The molecule has 1 amide bonds. The Hall–Kier alpha value is -3.63. The van der Waals surface area contributed by atoms with Gasteiger partial charge in [0.25, 0.3) is 5.91 Å². The number of hydrogen-bond donors (Lipinski definition) is 1. The minimum atomic E-state index is -4.45. The molecule has 3 aromatic rings. The Morgan fingerprint density at radius 2 is 1.85 bits per heavy atom. The van der Waals surface area contributed by atoms with Crippen molar-refractivity contribution in [3.8, 4) is 11.5 Å². The number of pyridine rings is 2. The van der Waals surface area contributed by atoms with Gasteiger partial charge in [0.15, 0.2) is 11.6 Å². The van der Waals surface area contributed by atoms with Crippen LogP contribution in [0, 0.1) is 17.2 Å². The van der Waals surface area contributed by atoms with E-state index in [0.717, 1.165) is 37.5 Å². The first-order chi connectivity index (χ1) is 16.3. The molecule has 2 aliphatic carbocycles. The standard InChI is InChI=1S/C23H18F4N6O/c24-14-9-30-20(31-10-14)18-15(2-1-5-28-18)21(34)33-11-13-6-22(13)7-16(19(22)33)32-17-4-3-12(8-29-17)23(25,26)27/h1-5,8-10,13,16,19H,6-7,11H2,(H,29,32). The normalized spacial score (nSPS) is 26.9. The van der Waals surface area contributed by atoms with Crippen LogP contribution in [0.2, 0.25) is 0 Å². The molecule has 11 heteroatoms. The first kappa shape index (κ1) is 20.9. The maximum absolute atomic E-state index is 13.6. The smallest absolute Gasteiger partial charge is 0.365 e. The van der Waals surface area contributed by atoms with Gasteiger partial charge in [-0.3, -0.25) is 9.78 Å². The van der Waals surface area contributed by atoms with Gasteiger partial charge in [-0.05, 0) is 48.4 Å². The minimum absolute atomic E-state index is 0.0496. The zero-order chi connectivity index (χ0) is 23.7. The number of carbonyl (C=O) groups is 1. The molecule has 3 aliphatic rings. The van der Waals surface area contributed by atoms with Gasteiger partial charge in [-0.1, -0.05) is 0 Å². The Labute approximate surface area is 191 Å². The fourth-order valence-electron chi connectivity index (χ4n) is 5.54. The molecule has 34 heavy (non-hydrogen) atoms. The summed E-state index contributed by atoms with van der Waals surface area (Å²) in [5, 5.41) is 3.21. The third kappa shape index (κ3) is 3.21. The number of nitrogens with one attached hydrogen (secondary N) is 1. The average molecular weight is 470 g/mol. The van der Waals surface area contributed by atoms with E-state index < -0.39 is 17.6 Å². The molecule has 4 atom stereocenters. The van der Waals surface area contributed by atoms with Crippen LogP contribution in [-0.2, 0) is 6.18 Å². The number of aromatic nitrogens is 4. The summed E-state index contributed by atoms with van der Waals surface area (Å²) in [5.74, 6) is 0.0870. The molecule has 1 spiro atoms. The summed E-state index contributed by atoms with van der Waals surface area (Å²) in [6.45, 7) is 0.598. The van der Waals surface area contributed by atoms with Gasteiger partial charge in [-0.25, -0.2) is 19.3 Å². The number of nitrogens with zero attached hydrogens (tertiary/aromatic N) is 5. The van der Waals surface area contributed by atoms with Crippen molar-refractivity contribution in [3.63, 3.8) is 0 Å². The lowest BCUT2D eigenvalue weighted by atomic mass is 9.71. The SMILES string of the molecule is O=C(c1cccnc1-c1ncc(F)cn1)N1CC2CC23CC(Nc2ccc(C(F)(F)F)cn2)C13. The quantitative estimate of drug-likeness (QED) is 0.584. The fourth-order valence-corrected chi connectivity index (χ4v) is 5.54. The van der Waals surface area contributed by atoms with Crippen LogP contribution < -0.4 is 5.32 Å². The van der Waals surface area contributed by atoms with Crippen LogP contribution in [0.25, 0.3) is 11.5 Å². The molecule has 174 valence electrons. The van der Waals surface area contributed by atoms with Crippen LogP contribution in [-0.4, -0.2) is 49.4 Å². The first-order valence-electron chi connectivity index (χ1n) is 10.8. The zero-order valence-electron chi connectivity index (χ0n) is 17.6. The number of hydrogen-bond acceptors (Lipinski definition) is 6. The maximum atomic E-state index is 13.6. The number of alkyl halides is 3. The highest BCUT2D eigenvalue weighted by atomic mass is 19.4. The van der Waals surface area contributed by atoms with Crippen molar-refractivity contribution in [3.05, 3.63) is 66.0 Å². The lowest BCUT2D eigenvalue weighted by molar-refractivity contribution is -0.137. The molecule has 4 unspecified atom stereocenters. The van der Waals surface area contributed by atoms with Crippen LogP contribution in [0.15, 0.2) is 49.1 Å². The second-order valence-electron chi connectivity index (χ2n) is 9.05. The molecule has 0 radical (unpaired) electrons. The van der Waals surface area contributed by atoms with E-state index in [1.807, 2.05) is 4.90 Å². The first-order valence-corrected chi connectivity index (χ1v) is 10.8. The summed E-state index contributed by atoms with van der Waals surface area (Å²) in [6, 6.07) is 5.37. The van der Waals surface area contributed by atoms with E-state index in [9.17, 15) is 22.4 Å². The van der Waals surface area contributed by atoms with Crippen molar-refractivity contribution >= 4 is 11.7 Å². The zero-order valence-corrected chi connectivity index (χ0v) is 17.6. The average Bonchev–Trinajstić information content (AvgIpc) is 3.47. The monoisotopic (exact) mass is 470 g/mol. The fraction of sp³-hybridized carbons (Fsp3) is 0.348. The summed E-state index contributed by atoms with van der Waals surface area (Å²) in [7, 11) is 0. The Morgan fingerprint density at radius 3 is 2.56 bits per heavy atom. The van der Waals surface area contributed by atoms with Crippen molar-refractivity contribution in [1.82, 2.24) is 24.8 Å². The Balaban J connectivity index is 1.25. The van der Waals surface area contributed by atoms with Gasteiger partial charge < -0.3 is 10.2 Å². The number of piperidine rings is 1. The topological polar surface area (TPSA) is 83.9 Å². The third-order valence-electron chi connectivity index (χ3n) is 7.16. The molecule has 3 aromatic heterocycles. The number of halogens is 4. The minimum Gasteiger partial charge on any atom is -0.365 e. The van der Waals surface area contributed by atoms with Gasteiger partial charge in [0, 0.05) is 25.0 Å². The summed E-state index contributed by atoms with van der Waals surface area (Å²) < 4.78 is 51.8. The van der Waals surface area contributed by atoms with Gasteiger partial charge in [-0.15, -0.1) is 0 Å². The number of amides is 1. The van der Waals surface area contributed by atoms with Crippen LogP contribution >= 0.6 is 0 Å². The molecule has 1 N–H and O–H groups in total. The summed E-state index contributed by atoms with van der Waals surface area (Å²) in [5.41, 5.74) is -0.164. The van der Waals surface area contributed by atoms with E-state index in [-0.39, 0.29) is 34.9 Å². The van der Waals surface area contributed by atoms with Gasteiger partial charge in [0.2, 0.25) is 0 Å². The highest BCUT2D eigenvalue weighted by Gasteiger charge is 2.75. The third-order valence-corrected chi connectivity index (χ3v) is 7.16. The van der Waals surface area contributed by atoms with Crippen molar-refractivity contribution < 1.29 is 22.4 Å². The molecule has 0 aromatic carbocycles. The molecule has 1 saturated heterocycles. The van der Waals surface area contributed by atoms with E-state index in [1.54, 1.807) is 12.1 Å². The van der Waals surface area contributed by atoms with Crippen molar-refractivity contribution in [2.24, 2.45) is 11.3 Å². The summed E-state index contributed by atoms with van der Waals surface area (Å²) in [4.78, 5) is 31.5. The number of anilines is 1. The predicted molar refractivity (Wildman–Crippen MR) is 112 cm³/mol. The molecule has 6 rings (SSSR count). The molecule has 0 bridgehead atoms. The maximum Gasteiger partial charge on any atom is 0.417 e. The van der Waals surface area contributed by atoms with Crippen molar-refractivity contribution in [1.29, 1.82) is 0 Å². The highest BCUT2D eigenvalue weighted by Crippen LogP contribution is 2.71. The van der Waals surface area contributed by atoms with E-state index in [0.29, 0.717) is 23.8 Å². The van der Waals surface area contributed by atoms with Gasteiger partial charge >= 0.3 is 6.18 Å². The van der Waals surface area contributed by atoms with Gasteiger partial charge in [0.05, 0.1) is 29.6 Å². The molecule has 1 aliphatic heterocycles. The molecular formula is C23H18F4N6O. The van der Waals surface area contributed by atoms with Crippen LogP contribution in [0.1, 0.15) is 28.8 Å². The summed E-state index contributed by atoms with van der Waals surface area (Å²) in [6.07, 6.45) is 1.78. The van der Waals surface area contributed by atoms with Crippen molar-refractivity contribution in [2.75, 3.05) is 11.9 Å². The van der Waals surface area contributed by atoms with E-state index in [4.69, 9.17) is 0 Å². The van der Waals surface area contributed by atoms with E-state index in [2.05, 4.69) is 25.3 Å². The lowest BCUT2D eigenvalue weighted by Crippen LogP contribution is -2.60. The molecule has 4 heterocycles. The molecule has 2 saturated carbocycles. The Kier molecular flexibility index (Phi) is 4.42. The van der Waals surface area contributed by atoms with E-state index in [1.165, 1.54) is 12.3 Å². The van der Waals surface area contributed by atoms with Crippen molar-refractivity contribution in [2.45, 2.75) is 31.1 Å². The van der Waals surface area contributed by atoms with Crippen LogP contribution in [0.5, 0.6) is 0 Å². The van der Waals surface area contributed by atoms with Crippen LogP contribution in [0.4, 0.5) is 23.4 Å². The van der Waals surface area contributed by atoms with E-state index >= 15 is 0 Å². The number of carbonyl (C=O) groups excluding carboxylic acids is 1. The molecular weight excluding hydrogens is 452 g/mol. The Bertz CT molecular complexity index is 1270. The van der Waals surface area contributed by atoms with Gasteiger partial charge in [-0.2, -0.15) is 13.2 Å². The Morgan fingerprint density at radius 1 is 1.06 bits per heavy atom. The lowest BCUT2D eigenvalue weighted by Gasteiger charge is -2.48. The predicted octanol–water partition coefficient (Wildman–Crippen LogP) is 3.81. The highest BCUT2D eigenvalue weighted by molar-refractivity contribution is 6.00.